The minimum atomic E-state index is -1.12. The van der Waals surface area contributed by atoms with Gasteiger partial charge in [0.05, 0.1) is 0 Å². The van der Waals surface area contributed by atoms with Crippen LogP contribution in [0.1, 0.15) is 0 Å². The van der Waals surface area contributed by atoms with Gasteiger partial charge in [-0.3, -0.25) is 0 Å². The van der Waals surface area contributed by atoms with Gasteiger partial charge in [0.15, 0.2) is 0 Å². The van der Waals surface area contributed by atoms with Crippen molar-refractivity contribution in [2.24, 2.45) is 0 Å². The molecule has 5 nitrogen and oxygen atoms in total. The molecule has 0 saturated heterocycles. The maximum absolute atomic E-state index is 2.53. The normalized spacial score (nSPS) is 6.00. The molecule has 0 radical (unpaired) electrons. The Morgan fingerprint density at radius 2 is 0.500 bits per heavy atom. The summed E-state index contributed by atoms with van der Waals surface area (Å²) in [5.41, 5.74) is 0. The van der Waals surface area contributed by atoms with Crippen LogP contribution in [0.25, 0.3) is 0 Å². The van der Waals surface area contributed by atoms with Crippen LogP contribution in [0, 0.1) is 0 Å². The maximum atomic E-state index is 2.53. The van der Waals surface area contributed by atoms with E-state index in [-0.39, 0.29) is 27.4 Å². The fourth-order valence-electron chi connectivity index (χ4n) is 0. The van der Waals surface area contributed by atoms with Crippen LogP contribution in [-0.2, 0) is 1.60 Å². The van der Waals surface area contributed by atoms with Crippen LogP contribution in [0.2, 0.25) is 0 Å². The molecule has 0 atom stereocenters. The van der Waals surface area contributed by atoms with Crippen molar-refractivity contribution in [3.63, 3.8) is 0 Å². The van der Waals surface area contributed by atoms with Crippen molar-refractivity contribution in [1.29, 1.82) is 0 Å². The SMILES string of the molecule is O.O.O.O.O.[I][Ti]([I])([I])[I]. The molecule has 10 heteroatoms. The first kappa shape index (κ1) is 37.6. The standard InChI is InChI=1S/4HI.5H2O.Ti/h4*1H;5*1H2;/q;;;;;;;;;+4/p-4. The molecule has 0 heterocycles. The molecule has 10 N–H and O–H groups in total. The van der Waals surface area contributed by atoms with Gasteiger partial charge in [-0.05, 0) is 0 Å². The Morgan fingerprint density at radius 3 is 0.500 bits per heavy atom. The molecular formula is H10I4O5Ti. The van der Waals surface area contributed by atoms with Crippen LogP contribution >= 0.6 is 76.8 Å². The van der Waals surface area contributed by atoms with Crippen molar-refractivity contribution in [3.05, 3.63) is 0 Å². The van der Waals surface area contributed by atoms with Gasteiger partial charge in [0, 0.05) is 0 Å². The number of rotatable bonds is 0. The van der Waals surface area contributed by atoms with Crippen molar-refractivity contribution >= 4 is 76.8 Å². The van der Waals surface area contributed by atoms with Crippen molar-refractivity contribution in [2.75, 3.05) is 0 Å². The molecule has 0 aromatic rings. The fourth-order valence-corrected chi connectivity index (χ4v) is 0. The molecule has 0 unspecified atom stereocenters. The summed E-state index contributed by atoms with van der Waals surface area (Å²) in [6.45, 7) is 0. The summed E-state index contributed by atoms with van der Waals surface area (Å²) in [5.74, 6) is 0. The molecule has 0 saturated carbocycles. The quantitative estimate of drug-likeness (QED) is 0.244. The fraction of sp³-hybridized carbons (Fsp3) is 0. The molecule has 0 aliphatic heterocycles. The van der Waals surface area contributed by atoms with Crippen LogP contribution in [-0.4, -0.2) is 27.4 Å². The van der Waals surface area contributed by atoms with Gasteiger partial charge in [-0.25, -0.2) is 0 Å². The van der Waals surface area contributed by atoms with Crippen molar-refractivity contribution in [1.82, 2.24) is 0 Å². The third kappa shape index (κ3) is 106. The van der Waals surface area contributed by atoms with Crippen LogP contribution in [0.15, 0.2) is 0 Å². The molecule has 72 valence electrons. The molecule has 0 aromatic heterocycles. The summed E-state index contributed by atoms with van der Waals surface area (Å²) in [6, 6.07) is 0. The number of hydrogen-bond donors (Lipinski definition) is 0. The second-order valence-electron chi connectivity index (χ2n) is 0.429. The average Bonchev–Trinajstić information content (AvgIpc) is 0.722. The van der Waals surface area contributed by atoms with Gasteiger partial charge in [0.1, 0.15) is 0 Å². The summed E-state index contributed by atoms with van der Waals surface area (Å²) in [7, 11) is 0. The Hall–Kier alpha value is 3.43. The molecule has 0 aliphatic rings. The van der Waals surface area contributed by atoms with Gasteiger partial charge in [0.25, 0.3) is 0 Å². The van der Waals surface area contributed by atoms with E-state index in [1.165, 1.54) is 0 Å². The minimum absolute atomic E-state index is 0. The van der Waals surface area contributed by atoms with E-state index < -0.39 is 1.60 Å². The Kier molecular flexibility index (Phi) is 68.6. The Morgan fingerprint density at radius 1 is 0.500 bits per heavy atom. The van der Waals surface area contributed by atoms with E-state index in [1.54, 1.807) is 0 Å². The van der Waals surface area contributed by atoms with E-state index >= 15 is 0 Å². The average molecular weight is 646 g/mol. The van der Waals surface area contributed by atoms with Gasteiger partial charge in [-0.1, -0.05) is 0 Å². The Labute approximate surface area is 103 Å². The number of hydrogen-bond acceptors (Lipinski definition) is 0. The van der Waals surface area contributed by atoms with Crippen molar-refractivity contribution in [2.45, 2.75) is 0 Å². The monoisotopic (exact) mass is 646 g/mol. The molecule has 10 heavy (non-hydrogen) atoms. The predicted molar refractivity (Wildman–Crippen MR) is 74.1 cm³/mol. The number of halogens is 4. The molecule has 0 bridgehead atoms. The molecule has 0 amide bonds. The molecule has 0 aliphatic carbocycles. The predicted octanol–water partition coefficient (Wildman–Crippen LogP) is -0.583. The third-order valence-electron chi connectivity index (χ3n) is 0. The molecule has 0 rings (SSSR count). The topological polar surface area (TPSA) is 158 Å². The zero-order valence-corrected chi connectivity index (χ0v) is 14.7. The van der Waals surface area contributed by atoms with Crippen LogP contribution in [0.5, 0.6) is 0 Å². The van der Waals surface area contributed by atoms with E-state index in [4.69, 9.17) is 0 Å². The molecule has 0 aromatic carbocycles. The van der Waals surface area contributed by atoms with Gasteiger partial charge >= 0.3 is 78.4 Å². The second-order valence-corrected chi connectivity index (χ2v) is 79.5. The van der Waals surface area contributed by atoms with E-state index in [9.17, 15) is 0 Å². The van der Waals surface area contributed by atoms with Gasteiger partial charge in [0.2, 0.25) is 0 Å². The van der Waals surface area contributed by atoms with Crippen LogP contribution < -0.4 is 0 Å². The van der Waals surface area contributed by atoms with E-state index in [0.717, 1.165) is 0 Å². The van der Waals surface area contributed by atoms with Gasteiger partial charge in [-0.15, -0.1) is 0 Å². The summed E-state index contributed by atoms with van der Waals surface area (Å²) in [5, 5.41) is 0. The van der Waals surface area contributed by atoms with Crippen LogP contribution in [0.3, 0.4) is 0 Å². The second kappa shape index (κ2) is 18.3. The summed E-state index contributed by atoms with van der Waals surface area (Å²) in [6.07, 6.45) is 0. The van der Waals surface area contributed by atoms with Gasteiger partial charge < -0.3 is 27.4 Å². The van der Waals surface area contributed by atoms with Crippen LogP contribution in [0.4, 0.5) is 0 Å². The third-order valence-corrected chi connectivity index (χ3v) is 0. The van der Waals surface area contributed by atoms with Gasteiger partial charge in [-0.2, -0.15) is 0 Å². The first-order chi connectivity index (χ1) is 2.00. The summed E-state index contributed by atoms with van der Waals surface area (Å²) < 4.78 is -1.12. The zero-order valence-electron chi connectivity index (χ0n) is 4.51. The molecule has 0 fully saturated rings. The first-order valence-electron chi connectivity index (χ1n) is 0.756. The Balaban J connectivity index is -0.00000000800. The van der Waals surface area contributed by atoms with Crippen molar-refractivity contribution in [3.8, 4) is 0 Å². The zero-order chi connectivity index (χ0) is 4.50. The van der Waals surface area contributed by atoms with E-state index in [1.807, 2.05) is 0 Å². The summed E-state index contributed by atoms with van der Waals surface area (Å²) >= 11 is 10.1. The molecule has 0 spiro atoms. The van der Waals surface area contributed by atoms with Crippen molar-refractivity contribution < 1.29 is 29.0 Å². The van der Waals surface area contributed by atoms with E-state index in [0.29, 0.717) is 0 Å². The molecular weight excluding hydrogens is 635 g/mol. The first-order valence-corrected chi connectivity index (χ1v) is 20.9. The van der Waals surface area contributed by atoms with E-state index in [2.05, 4.69) is 76.8 Å². The Bertz CT molecular complexity index is 29.1. The summed E-state index contributed by atoms with van der Waals surface area (Å²) in [4.78, 5) is 0.